The molecule has 0 unspecified atom stereocenters. The third kappa shape index (κ3) is 4.82. The van der Waals surface area contributed by atoms with Crippen molar-refractivity contribution in [2.24, 2.45) is 5.73 Å². The molecule has 3 rings (SSSR count). The number of aromatic nitrogens is 2. The van der Waals surface area contributed by atoms with Crippen LogP contribution in [0.4, 0.5) is 18.2 Å². The molecule has 0 aliphatic rings. The number of nitrogens with zero attached hydrogens (tertiary/aromatic N) is 2. The van der Waals surface area contributed by atoms with Crippen LogP contribution in [-0.2, 0) is 25.6 Å². The molecule has 0 amide bonds. The Balaban J connectivity index is 1.85. The second-order valence-corrected chi connectivity index (χ2v) is 8.58. The monoisotopic (exact) mass is 456 g/mol. The number of hydrogen-bond acceptors (Lipinski definition) is 4. The van der Waals surface area contributed by atoms with Crippen LogP contribution < -0.4 is 11.1 Å². The molecule has 0 fully saturated rings. The number of rotatable bonds is 8. The molecule has 2 heterocycles. The van der Waals surface area contributed by atoms with E-state index in [0.29, 0.717) is 10.9 Å². The van der Waals surface area contributed by atoms with Crippen molar-refractivity contribution in [3.63, 3.8) is 0 Å². The number of nitrogens with two attached hydrogens (primary N) is 1. The summed E-state index contributed by atoms with van der Waals surface area (Å²) in [5.41, 5.74) is 8.39. The number of benzene rings is 1. The van der Waals surface area contributed by atoms with E-state index in [-0.39, 0.29) is 24.6 Å². The van der Waals surface area contributed by atoms with Gasteiger partial charge in [0.1, 0.15) is 4.34 Å². The van der Waals surface area contributed by atoms with Gasteiger partial charge in [0.05, 0.1) is 22.5 Å². The van der Waals surface area contributed by atoms with Crippen LogP contribution in [0.2, 0.25) is 4.34 Å². The Bertz CT molecular complexity index is 975. The second-order valence-electron chi connectivity index (χ2n) is 6.92. The zero-order valence-electron chi connectivity index (χ0n) is 16.8. The van der Waals surface area contributed by atoms with Crippen molar-refractivity contribution in [2.75, 3.05) is 11.9 Å². The summed E-state index contributed by atoms with van der Waals surface area (Å²) in [4.78, 5) is 0. The van der Waals surface area contributed by atoms with Crippen LogP contribution in [0.5, 0.6) is 0 Å². The molecule has 0 aliphatic heterocycles. The molecule has 3 aromatic rings. The zero-order valence-corrected chi connectivity index (χ0v) is 18.3. The molecular weight excluding hydrogens is 433 g/mol. The van der Waals surface area contributed by atoms with Gasteiger partial charge >= 0.3 is 6.18 Å². The molecule has 0 radical (unpaired) electrons. The van der Waals surface area contributed by atoms with Gasteiger partial charge in [-0.15, -0.1) is 11.3 Å². The largest absolute Gasteiger partial charge is 0.416 e. The highest BCUT2D eigenvalue weighted by atomic mass is 35.5. The topological polar surface area (TPSA) is 55.9 Å². The maximum atomic E-state index is 13.3. The van der Waals surface area contributed by atoms with Crippen molar-refractivity contribution < 1.29 is 13.2 Å². The Morgan fingerprint density at radius 3 is 2.60 bits per heavy atom. The third-order valence-electron chi connectivity index (χ3n) is 4.96. The average molecular weight is 457 g/mol. The first kappa shape index (κ1) is 22.7. The normalized spacial score (nSPS) is 12.9. The summed E-state index contributed by atoms with van der Waals surface area (Å²) >= 11 is 7.87. The minimum Gasteiger partial charge on any atom is -0.373 e. The third-order valence-corrected chi connectivity index (χ3v) is 6.25. The van der Waals surface area contributed by atoms with E-state index in [4.69, 9.17) is 17.3 Å². The van der Waals surface area contributed by atoms with Gasteiger partial charge in [0.25, 0.3) is 0 Å². The standard InChI is InChI=1S/C21H24ClF3N4S/c1-3-13-12-27-29(4-2)19(13)16-10-18(30-20(16)22)28-15(11-26)9-14-7-5-6-8-17(14)21(23,24)25/h5-8,10,12,15,28H,3-4,9,11,26H2,1-2H3/t15-/m0/s1. The molecule has 2 aromatic heterocycles. The Kier molecular flexibility index (Phi) is 7.10. The maximum Gasteiger partial charge on any atom is 0.416 e. The SMILES string of the molecule is CCc1cnn(CC)c1-c1cc(N[C@H](CN)Cc2ccccc2C(F)(F)F)sc1Cl. The number of nitrogens with one attached hydrogen (secondary N) is 1. The molecule has 3 N–H and O–H groups in total. The Labute approximate surface area is 182 Å². The Morgan fingerprint density at radius 2 is 1.97 bits per heavy atom. The Morgan fingerprint density at radius 1 is 1.23 bits per heavy atom. The first-order valence-electron chi connectivity index (χ1n) is 9.74. The van der Waals surface area contributed by atoms with Crippen LogP contribution in [0.1, 0.15) is 30.5 Å². The van der Waals surface area contributed by atoms with E-state index in [1.54, 1.807) is 6.07 Å². The van der Waals surface area contributed by atoms with Gasteiger partial charge < -0.3 is 11.1 Å². The number of anilines is 1. The smallest absolute Gasteiger partial charge is 0.373 e. The summed E-state index contributed by atoms with van der Waals surface area (Å²) in [6.45, 7) is 4.97. The molecular formula is C21H24ClF3N4S. The fourth-order valence-electron chi connectivity index (χ4n) is 3.47. The molecule has 4 nitrogen and oxygen atoms in total. The predicted molar refractivity (Wildman–Crippen MR) is 117 cm³/mol. The summed E-state index contributed by atoms with van der Waals surface area (Å²) in [5.74, 6) is 0. The maximum absolute atomic E-state index is 13.3. The quantitative estimate of drug-likeness (QED) is 0.447. The lowest BCUT2D eigenvalue weighted by molar-refractivity contribution is -0.138. The molecule has 162 valence electrons. The average Bonchev–Trinajstić information content (AvgIpc) is 3.28. The molecule has 1 aromatic carbocycles. The van der Waals surface area contributed by atoms with Gasteiger partial charge in [-0.3, -0.25) is 4.68 Å². The highest BCUT2D eigenvalue weighted by Gasteiger charge is 2.33. The fourth-order valence-corrected chi connectivity index (χ4v) is 4.73. The van der Waals surface area contributed by atoms with Crippen molar-refractivity contribution in [3.8, 4) is 11.3 Å². The van der Waals surface area contributed by atoms with Crippen molar-refractivity contribution in [3.05, 3.63) is 57.6 Å². The summed E-state index contributed by atoms with van der Waals surface area (Å²) in [5, 5.41) is 8.44. The zero-order chi connectivity index (χ0) is 21.9. The van der Waals surface area contributed by atoms with Crippen molar-refractivity contribution in [2.45, 2.75) is 45.5 Å². The number of hydrogen-bond donors (Lipinski definition) is 2. The molecule has 0 saturated heterocycles. The minimum atomic E-state index is -4.40. The summed E-state index contributed by atoms with van der Waals surface area (Å²) < 4.78 is 42.4. The van der Waals surface area contributed by atoms with Crippen molar-refractivity contribution >= 4 is 27.9 Å². The van der Waals surface area contributed by atoms with E-state index in [0.717, 1.165) is 34.3 Å². The predicted octanol–water partition coefficient (Wildman–Crippen LogP) is 5.85. The fraction of sp³-hybridized carbons (Fsp3) is 0.381. The van der Waals surface area contributed by atoms with Gasteiger partial charge in [0, 0.05) is 24.7 Å². The number of halogens is 4. The lowest BCUT2D eigenvalue weighted by Crippen LogP contribution is -2.31. The van der Waals surface area contributed by atoms with Gasteiger partial charge in [-0.1, -0.05) is 36.7 Å². The second kappa shape index (κ2) is 9.41. The van der Waals surface area contributed by atoms with E-state index in [2.05, 4.69) is 17.3 Å². The van der Waals surface area contributed by atoms with E-state index >= 15 is 0 Å². The van der Waals surface area contributed by atoms with Crippen LogP contribution in [0, 0.1) is 0 Å². The van der Waals surface area contributed by atoms with E-state index in [9.17, 15) is 13.2 Å². The summed E-state index contributed by atoms with van der Waals surface area (Å²) in [6, 6.07) is 7.15. The number of aryl methyl sites for hydroxylation is 2. The Hall–Kier alpha value is -2.03. The lowest BCUT2D eigenvalue weighted by atomic mass is 10.00. The molecule has 30 heavy (non-hydrogen) atoms. The highest BCUT2D eigenvalue weighted by Crippen LogP contribution is 2.40. The molecule has 0 saturated carbocycles. The summed E-state index contributed by atoms with van der Waals surface area (Å²) in [7, 11) is 0. The van der Waals surface area contributed by atoms with Crippen LogP contribution in [0.25, 0.3) is 11.3 Å². The van der Waals surface area contributed by atoms with Gasteiger partial charge in [-0.05, 0) is 43.0 Å². The minimum absolute atomic E-state index is 0.157. The molecule has 9 heteroatoms. The first-order chi connectivity index (χ1) is 14.3. The van der Waals surface area contributed by atoms with Gasteiger partial charge in [-0.25, -0.2) is 0 Å². The van der Waals surface area contributed by atoms with Gasteiger partial charge in [-0.2, -0.15) is 18.3 Å². The highest BCUT2D eigenvalue weighted by molar-refractivity contribution is 7.20. The van der Waals surface area contributed by atoms with E-state index < -0.39 is 11.7 Å². The number of alkyl halides is 3. The van der Waals surface area contributed by atoms with Gasteiger partial charge in [0.15, 0.2) is 0 Å². The van der Waals surface area contributed by atoms with Gasteiger partial charge in [0.2, 0.25) is 0 Å². The molecule has 1 atom stereocenters. The molecule has 0 bridgehead atoms. The van der Waals surface area contributed by atoms with Crippen molar-refractivity contribution in [1.82, 2.24) is 9.78 Å². The van der Waals surface area contributed by atoms with Crippen LogP contribution >= 0.6 is 22.9 Å². The van der Waals surface area contributed by atoms with E-state index in [1.807, 2.05) is 23.9 Å². The molecule has 0 aliphatic carbocycles. The van der Waals surface area contributed by atoms with Crippen molar-refractivity contribution in [1.29, 1.82) is 0 Å². The van der Waals surface area contributed by atoms with Crippen LogP contribution in [-0.4, -0.2) is 22.4 Å². The lowest BCUT2D eigenvalue weighted by Gasteiger charge is -2.19. The van der Waals surface area contributed by atoms with Crippen LogP contribution in [0.3, 0.4) is 0 Å². The number of thiophene rings is 1. The molecule has 0 spiro atoms. The van der Waals surface area contributed by atoms with E-state index in [1.165, 1.54) is 23.5 Å². The van der Waals surface area contributed by atoms with Crippen LogP contribution in [0.15, 0.2) is 36.5 Å². The first-order valence-corrected chi connectivity index (χ1v) is 10.9. The summed E-state index contributed by atoms with van der Waals surface area (Å²) in [6.07, 6.45) is -1.57.